The summed E-state index contributed by atoms with van der Waals surface area (Å²) in [5, 5.41) is 9.13. The van der Waals surface area contributed by atoms with Crippen molar-refractivity contribution >= 4 is 5.97 Å². The number of benzene rings is 1. The maximum atomic E-state index is 11.1. The van der Waals surface area contributed by atoms with E-state index in [4.69, 9.17) is 5.11 Å². The first-order valence-electron chi connectivity index (χ1n) is 8.96. The van der Waals surface area contributed by atoms with Crippen molar-refractivity contribution in [2.75, 3.05) is 32.7 Å². The summed E-state index contributed by atoms with van der Waals surface area (Å²) in [5.41, 5.74) is 1.47. The Morgan fingerprint density at radius 3 is 2.57 bits per heavy atom. The predicted octanol–water partition coefficient (Wildman–Crippen LogP) is 3.47. The SMILES string of the molecule is CCCN(CCN1CCCCCC1)Cc1cccc(C(=O)O)c1. The number of likely N-dealkylation sites (tertiary alicyclic amines) is 1. The first kappa shape index (κ1) is 18.0. The number of hydrogen-bond donors (Lipinski definition) is 1. The molecule has 1 aromatic rings. The molecule has 0 aliphatic carbocycles. The molecule has 1 aliphatic rings. The number of hydrogen-bond acceptors (Lipinski definition) is 3. The summed E-state index contributed by atoms with van der Waals surface area (Å²) in [6.45, 7) is 8.74. The largest absolute Gasteiger partial charge is 0.478 e. The zero-order chi connectivity index (χ0) is 16.5. The highest BCUT2D eigenvalue weighted by molar-refractivity contribution is 5.87. The molecule has 0 saturated carbocycles. The summed E-state index contributed by atoms with van der Waals surface area (Å²) in [7, 11) is 0. The smallest absolute Gasteiger partial charge is 0.335 e. The topological polar surface area (TPSA) is 43.8 Å². The second kappa shape index (κ2) is 9.68. The van der Waals surface area contributed by atoms with Crippen LogP contribution < -0.4 is 0 Å². The Bertz CT molecular complexity index is 482. The van der Waals surface area contributed by atoms with Crippen molar-refractivity contribution < 1.29 is 9.90 Å². The summed E-state index contributed by atoms with van der Waals surface area (Å²) in [4.78, 5) is 16.1. The third-order valence-electron chi connectivity index (χ3n) is 4.55. The molecule has 0 radical (unpaired) electrons. The van der Waals surface area contributed by atoms with Crippen LogP contribution in [0.3, 0.4) is 0 Å². The number of carboxylic acids is 1. The molecule has 0 amide bonds. The van der Waals surface area contributed by atoms with Gasteiger partial charge in [-0.1, -0.05) is 31.9 Å². The van der Waals surface area contributed by atoms with Crippen LogP contribution in [-0.2, 0) is 6.54 Å². The van der Waals surface area contributed by atoms with Gasteiger partial charge < -0.3 is 10.0 Å². The molecule has 23 heavy (non-hydrogen) atoms. The fourth-order valence-corrected chi connectivity index (χ4v) is 3.29. The normalized spacial score (nSPS) is 16.4. The van der Waals surface area contributed by atoms with E-state index in [2.05, 4.69) is 16.7 Å². The fraction of sp³-hybridized carbons (Fsp3) is 0.632. The van der Waals surface area contributed by atoms with E-state index in [1.165, 1.54) is 38.8 Å². The maximum Gasteiger partial charge on any atom is 0.335 e. The van der Waals surface area contributed by atoms with E-state index in [1.54, 1.807) is 12.1 Å². The van der Waals surface area contributed by atoms with Gasteiger partial charge >= 0.3 is 5.97 Å². The molecule has 4 heteroatoms. The lowest BCUT2D eigenvalue weighted by Crippen LogP contribution is -2.35. The van der Waals surface area contributed by atoms with E-state index >= 15 is 0 Å². The number of rotatable bonds is 8. The molecule has 1 saturated heterocycles. The molecule has 2 rings (SSSR count). The first-order valence-corrected chi connectivity index (χ1v) is 8.96. The number of carboxylic acid groups (broad SMARTS) is 1. The highest BCUT2D eigenvalue weighted by Gasteiger charge is 2.12. The highest BCUT2D eigenvalue weighted by Crippen LogP contribution is 2.12. The Labute approximate surface area is 140 Å². The van der Waals surface area contributed by atoms with Crippen LogP contribution in [-0.4, -0.2) is 53.6 Å². The lowest BCUT2D eigenvalue weighted by atomic mass is 10.1. The molecule has 0 unspecified atom stereocenters. The van der Waals surface area contributed by atoms with Crippen molar-refractivity contribution in [2.24, 2.45) is 0 Å². The van der Waals surface area contributed by atoms with Gasteiger partial charge in [0.25, 0.3) is 0 Å². The molecule has 1 aliphatic heterocycles. The van der Waals surface area contributed by atoms with E-state index < -0.39 is 5.97 Å². The van der Waals surface area contributed by atoms with Crippen molar-refractivity contribution in [2.45, 2.75) is 45.6 Å². The second-order valence-corrected chi connectivity index (χ2v) is 6.54. The average Bonchev–Trinajstić information content (AvgIpc) is 2.82. The standard InChI is InChI=1S/C19H30N2O2/c1-2-10-21(14-13-20-11-5-3-4-6-12-20)16-17-8-7-9-18(15-17)19(22)23/h7-9,15H,2-6,10-14,16H2,1H3,(H,22,23). The van der Waals surface area contributed by atoms with Gasteiger partial charge in [0.1, 0.15) is 0 Å². The van der Waals surface area contributed by atoms with Crippen molar-refractivity contribution in [1.82, 2.24) is 9.80 Å². The van der Waals surface area contributed by atoms with Crippen LogP contribution in [0, 0.1) is 0 Å². The Morgan fingerprint density at radius 1 is 1.17 bits per heavy atom. The van der Waals surface area contributed by atoms with Crippen molar-refractivity contribution in [1.29, 1.82) is 0 Å². The minimum Gasteiger partial charge on any atom is -0.478 e. The number of carbonyl (C=O) groups is 1. The van der Waals surface area contributed by atoms with E-state index in [0.717, 1.165) is 38.2 Å². The zero-order valence-corrected chi connectivity index (χ0v) is 14.3. The van der Waals surface area contributed by atoms with Crippen molar-refractivity contribution in [3.63, 3.8) is 0 Å². The maximum absolute atomic E-state index is 11.1. The van der Waals surface area contributed by atoms with Crippen LogP contribution in [0.25, 0.3) is 0 Å². The predicted molar refractivity (Wildman–Crippen MR) is 93.9 cm³/mol. The van der Waals surface area contributed by atoms with Gasteiger partial charge in [-0.05, 0) is 56.6 Å². The third kappa shape index (κ3) is 6.32. The van der Waals surface area contributed by atoms with Gasteiger partial charge in [-0.15, -0.1) is 0 Å². The van der Waals surface area contributed by atoms with Gasteiger partial charge in [-0.3, -0.25) is 4.90 Å². The Hall–Kier alpha value is -1.39. The fourth-order valence-electron chi connectivity index (χ4n) is 3.29. The van der Waals surface area contributed by atoms with Gasteiger partial charge in [0.05, 0.1) is 5.56 Å². The molecule has 0 bridgehead atoms. The van der Waals surface area contributed by atoms with Crippen molar-refractivity contribution in [3.8, 4) is 0 Å². The van der Waals surface area contributed by atoms with E-state index in [0.29, 0.717) is 5.56 Å². The molecule has 1 aromatic carbocycles. The summed E-state index contributed by atoms with van der Waals surface area (Å²) in [6, 6.07) is 7.34. The Balaban J connectivity index is 1.89. The molecular formula is C19H30N2O2. The summed E-state index contributed by atoms with van der Waals surface area (Å²) in [6.07, 6.45) is 6.52. The lowest BCUT2D eigenvalue weighted by molar-refractivity contribution is 0.0696. The molecule has 0 spiro atoms. The van der Waals surface area contributed by atoms with Crippen LogP contribution >= 0.6 is 0 Å². The van der Waals surface area contributed by atoms with Gasteiger partial charge in [0, 0.05) is 19.6 Å². The quantitative estimate of drug-likeness (QED) is 0.797. The van der Waals surface area contributed by atoms with E-state index in [1.807, 2.05) is 12.1 Å². The summed E-state index contributed by atoms with van der Waals surface area (Å²) >= 11 is 0. The molecule has 0 aromatic heterocycles. The monoisotopic (exact) mass is 318 g/mol. The third-order valence-corrected chi connectivity index (χ3v) is 4.55. The highest BCUT2D eigenvalue weighted by atomic mass is 16.4. The van der Waals surface area contributed by atoms with E-state index in [-0.39, 0.29) is 0 Å². The van der Waals surface area contributed by atoms with E-state index in [9.17, 15) is 4.79 Å². The van der Waals surface area contributed by atoms with Crippen LogP contribution in [0.5, 0.6) is 0 Å². The minimum atomic E-state index is -0.849. The molecule has 128 valence electrons. The van der Waals surface area contributed by atoms with Crippen LogP contribution in [0.4, 0.5) is 0 Å². The average molecular weight is 318 g/mol. The second-order valence-electron chi connectivity index (χ2n) is 6.54. The first-order chi connectivity index (χ1) is 11.2. The number of nitrogens with zero attached hydrogens (tertiary/aromatic N) is 2. The van der Waals surface area contributed by atoms with Crippen LogP contribution in [0.1, 0.15) is 54.9 Å². The zero-order valence-electron chi connectivity index (χ0n) is 14.3. The lowest BCUT2D eigenvalue weighted by Gasteiger charge is -2.26. The summed E-state index contributed by atoms with van der Waals surface area (Å²) < 4.78 is 0. The minimum absolute atomic E-state index is 0.381. The van der Waals surface area contributed by atoms with Crippen LogP contribution in [0.2, 0.25) is 0 Å². The van der Waals surface area contributed by atoms with Crippen LogP contribution in [0.15, 0.2) is 24.3 Å². The molecule has 1 heterocycles. The molecular weight excluding hydrogens is 288 g/mol. The molecule has 4 nitrogen and oxygen atoms in total. The van der Waals surface area contributed by atoms with Gasteiger partial charge in [-0.25, -0.2) is 4.79 Å². The molecule has 1 fully saturated rings. The van der Waals surface area contributed by atoms with Gasteiger partial charge in [-0.2, -0.15) is 0 Å². The molecule has 1 N–H and O–H groups in total. The summed E-state index contributed by atoms with van der Waals surface area (Å²) in [5.74, 6) is -0.849. The Morgan fingerprint density at radius 2 is 1.91 bits per heavy atom. The van der Waals surface area contributed by atoms with Crippen molar-refractivity contribution in [3.05, 3.63) is 35.4 Å². The van der Waals surface area contributed by atoms with Gasteiger partial charge in [0.2, 0.25) is 0 Å². The number of aromatic carboxylic acids is 1. The Kier molecular flexibility index (Phi) is 7.56. The molecule has 0 atom stereocenters. The van der Waals surface area contributed by atoms with Gasteiger partial charge in [0.15, 0.2) is 0 Å².